The molecular formula is C17H28N4O2S. The third-order valence-corrected chi connectivity index (χ3v) is 5.55. The Labute approximate surface area is 145 Å². The molecule has 0 fully saturated rings. The summed E-state index contributed by atoms with van der Waals surface area (Å²) >= 11 is 0. The molecule has 6 nitrogen and oxygen atoms in total. The van der Waals surface area contributed by atoms with Crippen molar-refractivity contribution >= 4 is 16.0 Å². The second-order valence-electron chi connectivity index (χ2n) is 5.62. The first-order chi connectivity index (χ1) is 11.3. The summed E-state index contributed by atoms with van der Waals surface area (Å²) in [6, 6.07) is 6.76. The molecule has 1 aromatic carbocycles. The molecule has 7 heteroatoms. The zero-order chi connectivity index (χ0) is 18.2. The molecule has 0 aliphatic rings. The molecule has 0 saturated carbocycles. The van der Waals surface area contributed by atoms with Crippen molar-refractivity contribution in [2.24, 2.45) is 4.99 Å². The third kappa shape index (κ3) is 5.65. The highest BCUT2D eigenvalue weighted by molar-refractivity contribution is 7.89. The molecule has 134 valence electrons. The Kier molecular flexibility index (Phi) is 7.94. The topological polar surface area (TPSA) is 73.8 Å². The van der Waals surface area contributed by atoms with E-state index in [1.807, 2.05) is 20.8 Å². The van der Waals surface area contributed by atoms with E-state index in [4.69, 9.17) is 0 Å². The van der Waals surface area contributed by atoms with Gasteiger partial charge in [-0.15, -0.1) is 6.58 Å². The van der Waals surface area contributed by atoms with Crippen LogP contribution in [0.15, 0.2) is 46.8 Å². The van der Waals surface area contributed by atoms with Gasteiger partial charge in [-0.1, -0.05) is 18.2 Å². The third-order valence-electron chi connectivity index (χ3n) is 3.51. The van der Waals surface area contributed by atoms with Gasteiger partial charge in [-0.3, -0.25) is 0 Å². The molecule has 0 radical (unpaired) electrons. The lowest BCUT2D eigenvalue weighted by molar-refractivity contribution is 0.410. The van der Waals surface area contributed by atoms with Crippen LogP contribution in [0.5, 0.6) is 0 Å². The number of nitrogens with zero attached hydrogens (tertiary/aromatic N) is 2. The highest BCUT2D eigenvalue weighted by Gasteiger charge is 2.22. The zero-order valence-electron chi connectivity index (χ0n) is 14.9. The fraction of sp³-hybridized carbons (Fsp3) is 0.471. The van der Waals surface area contributed by atoms with Crippen molar-refractivity contribution in [3.63, 3.8) is 0 Å². The van der Waals surface area contributed by atoms with Crippen LogP contribution >= 0.6 is 0 Å². The van der Waals surface area contributed by atoms with Crippen molar-refractivity contribution in [3.8, 4) is 0 Å². The number of hydrogen-bond acceptors (Lipinski definition) is 3. The number of sulfonamides is 1. The molecule has 1 rings (SSSR count). The van der Waals surface area contributed by atoms with Gasteiger partial charge in [0.15, 0.2) is 5.96 Å². The Bertz CT molecular complexity index is 652. The van der Waals surface area contributed by atoms with Crippen LogP contribution < -0.4 is 10.6 Å². The smallest absolute Gasteiger partial charge is 0.243 e. The van der Waals surface area contributed by atoms with E-state index in [9.17, 15) is 8.42 Å². The molecule has 2 N–H and O–H groups in total. The first-order valence-electron chi connectivity index (χ1n) is 8.03. The van der Waals surface area contributed by atoms with Crippen LogP contribution in [-0.2, 0) is 16.6 Å². The molecule has 0 aliphatic carbocycles. The van der Waals surface area contributed by atoms with E-state index >= 15 is 0 Å². The highest BCUT2D eigenvalue weighted by Crippen LogP contribution is 2.17. The summed E-state index contributed by atoms with van der Waals surface area (Å²) in [5.41, 5.74) is 0.942. The van der Waals surface area contributed by atoms with Gasteiger partial charge in [0.1, 0.15) is 0 Å². The molecule has 24 heavy (non-hydrogen) atoms. The van der Waals surface area contributed by atoms with Crippen LogP contribution in [-0.4, -0.2) is 44.9 Å². The summed E-state index contributed by atoms with van der Waals surface area (Å²) in [4.78, 5) is 4.76. The minimum Gasteiger partial charge on any atom is -0.357 e. The van der Waals surface area contributed by atoms with Gasteiger partial charge in [0.05, 0.1) is 11.4 Å². The minimum atomic E-state index is -3.45. The zero-order valence-corrected chi connectivity index (χ0v) is 15.7. The SMILES string of the molecule is C=CCNC(=NCc1ccc(S(=O)(=O)N(C)C(C)C)cc1)NCC. The van der Waals surface area contributed by atoms with Gasteiger partial charge in [0, 0.05) is 26.2 Å². The van der Waals surface area contributed by atoms with Crippen LogP contribution in [0.25, 0.3) is 0 Å². The van der Waals surface area contributed by atoms with Crippen LogP contribution in [0, 0.1) is 0 Å². The van der Waals surface area contributed by atoms with Gasteiger partial charge in [-0.2, -0.15) is 4.31 Å². The summed E-state index contributed by atoms with van der Waals surface area (Å²) in [5.74, 6) is 0.702. The molecule has 1 aromatic rings. The second-order valence-corrected chi connectivity index (χ2v) is 7.62. The van der Waals surface area contributed by atoms with E-state index in [-0.39, 0.29) is 6.04 Å². The van der Waals surface area contributed by atoms with E-state index in [1.54, 1.807) is 37.4 Å². The molecule has 0 atom stereocenters. The number of hydrogen-bond donors (Lipinski definition) is 2. The van der Waals surface area contributed by atoms with Gasteiger partial charge in [0.2, 0.25) is 10.0 Å². The van der Waals surface area contributed by atoms with Gasteiger partial charge >= 0.3 is 0 Å². The van der Waals surface area contributed by atoms with Crippen LogP contribution in [0.1, 0.15) is 26.3 Å². The lowest BCUT2D eigenvalue weighted by Gasteiger charge is -2.21. The number of guanidine groups is 1. The summed E-state index contributed by atoms with van der Waals surface area (Å²) in [5, 5.41) is 6.26. The quantitative estimate of drug-likeness (QED) is 0.426. The van der Waals surface area contributed by atoms with E-state index in [1.165, 1.54) is 4.31 Å². The Hall–Kier alpha value is -1.86. The maximum absolute atomic E-state index is 12.4. The Balaban J connectivity index is 2.85. The van der Waals surface area contributed by atoms with E-state index < -0.39 is 10.0 Å². The Morgan fingerprint density at radius 2 is 1.92 bits per heavy atom. The first-order valence-corrected chi connectivity index (χ1v) is 9.47. The van der Waals surface area contributed by atoms with Crippen molar-refractivity contribution in [1.29, 1.82) is 0 Å². The van der Waals surface area contributed by atoms with Crippen molar-refractivity contribution in [2.75, 3.05) is 20.1 Å². The van der Waals surface area contributed by atoms with E-state index in [0.717, 1.165) is 12.1 Å². The molecule has 0 unspecified atom stereocenters. The lowest BCUT2D eigenvalue weighted by atomic mass is 10.2. The van der Waals surface area contributed by atoms with Gasteiger partial charge in [-0.05, 0) is 38.5 Å². The predicted molar refractivity (Wildman–Crippen MR) is 99.5 cm³/mol. The molecule has 0 heterocycles. The molecular weight excluding hydrogens is 324 g/mol. The first kappa shape index (κ1) is 20.2. The maximum atomic E-state index is 12.4. The Morgan fingerprint density at radius 3 is 2.42 bits per heavy atom. The summed E-state index contributed by atoms with van der Waals surface area (Å²) in [6.45, 7) is 11.2. The lowest BCUT2D eigenvalue weighted by Crippen LogP contribution is -2.37. The van der Waals surface area contributed by atoms with Gasteiger partial charge in [0.25, 0.3) is 0 Å². The van der Waals surface area contributed by atoms with E-state index in [0.29, 0.717) is 23.9 Å². The van der Waals surface area contributed by atoms with Crippen molar-refractivity contribution < 1.29 is 8.42 Å². The fourth-order valence-corrected chi connectivity index (χ4v) is 3.26. The van der Waals surface area contributed by atoms with Crippen LogP contribution in [0.4, 0.5) is 0 Å². The fourth-order valence-electron chi connectivity index (χ4n) is 1.89. The molecule has 0 bridgehead atoms. The molecule has 0 aromatic heterocycles. The molecule has 0 spiro atoms. The normalized spacial score (nSPS) is 12.5. The van der Waals surface area contributed by atoms with Crippen molar-refractivity contribution in [1.82, 2.24) is 14.9 Å². The second kappa shape index (κ2) is 9.44. The van der Waals surface area contributed by atoms with Gasteiger partial charge in [-0.25, -0.2) is 13.4 Å². The van der Waals surface area contributed by atoms with Crippen molar-refractivity contribution in [3.05, 3.63) is 42.5 Å². The summed E-state index contributed by atoms with van der Waals surface area (Å²) in [6.07, 6.45) is 1.76. The number of rotatable bonds is 8. The standard InChI is InChI=1S/C17H28N4O2S/c1-6-12-19-17(18-7-2)20-13-15-8-10-16(11-9-15)24(22,23)21(5)14(3)4/h6,8-11,14H,1,7,12-13H2,2-5H3,(H2,18,19,20). The molecule has 0 saturated heterocycles. The summed E-state index contributed by atoms with van der Waals surface area (Å²) in [7, 11) is -1.86. The average Bonchev–Trinajstić information content (AvgIpc) is 2.56. The van der Waals surface area contributed by atoms with Crippen LogP contribution in [0.2, 0.25) is 0 Å². The maximum Gasteiger partial charge on any atom is 0.243 e. The van der Waals surface area contributed by atoms with Crippen LogP contribution in [0.3, 0.4) is 0 Å². The number of benzene rings is 1. The number of nitrogens with one attached hydrogen (secondary N) is 2. The van der Waals surface area contributed by atoms with Gasteiger partial charge < -0.3 is 10.6 Å². The molecule has 0 amide bonds. The average molecular weight is 353 g/mol. The van der Waals surface area contributed by atoms with Crippen molar-refractivity contribution in [2.45, 2.75) is 38.3 Å². The number of aliphatic imine (C=N–C) groups is 1. The Morgan fingerprint density at radius 1 is 1.29 bits per heavy atom. The molecule has 0 aliphatic heterocycles. The summed E-state index contributed by atoms with van der Waals surface area (Å²) < 4.78 is 26.2. The monoisotopic (exact) mass is 352 g/mol. The predicted octanol–water partition coefficient (Wildman–Crippen LogP) is 1.96. The highest BCUT2D eigenvalue weighted by atomic mass is 32.2. The minimum absolute atomic E-state index is 0.0853. The van der Waals surface area contributed by atoms with E-state index in [2.05, 4.69) is 22.2 Å². The largest absolute Gasteiger partial charge is 0.357 e.